The van der Waals surface area contributed by atoms with Crippen molar-refractivity contribution < 1.29 is 0 Å². The SMILES string of the molecule is CC[CH]C1CCCCCCCCCCC1. The fourth-order valence-electron chi connectivity index (χ4n) is 2.76. The molecule has 0 N–H and O–H groups in total. The average Bonchev–Trinajstić information content (AvgIpc) is 2.22. The van der Waals surface area contributed by atoms with Gasteiger partial charge in [0, 0.05) is 0 Å². The molecule has 0 aromatic heterocycles. The number of rotatable bonds is 2. The predicted molar refractivity (Wildman–Crippen MR) is 68.9 cm³/mol. The van der Waals surface area contributed by atoms with Gasteiger partial charge in [0.15, 0.2) is 0 Å². The Labute approximate surface area is 96.8 Å². The van der Waals surface area contributed by atoms with Crippen LogP contribution in [0.5, 0.6) is 0 Å². The Hall–Kier alpha value is 0. The van der Waals surface area contributed by atoms with Gasteiger partial charge in [-0.15, -0.1) is 0 Å². The smallest absolute Gasteiger partial charge is 0.0357 e. The van der Waals surface area contributed by atoms with E-state index in [1.807, 2.05) is 0 Å². The first-order chi connectivity index (χ1) is 7.43. The highest BCUT2D eigenvalue weighted by Gasteiger charge is 2.08. The molecule has 1 fully saturated rings. The molecule has 0 amide bonds. The predicted octanol–water partition coefficient (Wildman–Crippen LogP) is 5.52. The van der Waals surface area contributed by atoms with Crippen LogP contribution in [0.1, 0.15) is 84.0 Å². The van der Waals surface area contributed by atoms with Crippen molar-refractivity contribution >= 4 is 0 Å². The molecular weight excluding hydrogens is 180 g/mol. The molecule has 0 saturated heterocycles. The lowest BCUT2D eigenvalue weighted by Gasteiger charge is -2.16. The van der Waals surface area contributed by atoms with Gasteiger partial charge < -0.3 is 0 Å². The topological polar surface area (TPSA) is 0 Å². The van der Waals surface area contributed by atoms with E-state index in [0.717, 1.165) is 5.92 Å². The minimum absolute atomic E-state index is 0.939. The second-order valence-electron chi connectivity index (χ2n) is 5.16. The molecule has 0 heterocycles. The second-order valence-corrected chi connectivity index (χ2v) is 5.16. The van der Waals surface area contributed by atoms with Gasteiger partial charge in [-0.05, 0) is 12.3 Å². The summed E-state index contributed by atoms with van der Waals surface area (Å²) in [6.45, 7) is 2.29. The summed E-state index contributed by atoms with van der Waals surface area (Å²) in [6.07, 6.45) is 20.1. The molecule has 1 radical (unpaired) electrons. The van der Waals surface area contributed by atoms with Crippen molar-refractivity contribution in [3.05, 3.63) is 6.42 Å². The van der Waals surface area contributed by atoms with Crippen molar-refractivity contribution in [3.8, 4) is 0 Å². The molecule has 1 aliphatic rings. The van der Waals surface area contributed by atoms with Crippen LogP contribution >= 0.6 is 0 Å². The fraction of sp³-hybridized carbons (Fsp3) is 0.933. The first-order valence-corrected chi connectivity index (χ1v) is 7.27. The highest BCUT2D eigenvalue weighted by Crippen LogP contribution is 2.23. The average molecular weight is 209 g/mol. The molecule has 0 aliphatic heterocycles. The maximum atomic E-state index is 2.56. The highest BCUT2D eigenvalue weighted by atomic mass is 14.1. The third-order valence-electron chi connectivity index (χ3n) is 3.72. The summed E-state index contributed by atoms with van der Waals surface area (Å²) in [5, 5.41) is 0. The zero-order chi connectivity index (χ0) is 10.8. The van der Waals surface area contributed by atoms with Crippen LogP contribution in [-0.4, -0.2) is 0 Å². The summed E-state index contributed by atoms with van der Waals surface area (Å²) in [5.74, 6) is 0.939. The molecule has 0 aromatic carbocycles. The molecule has 0 spiro atoms. The largest absolute Gasteiger partial charge is 0.0651 e. The molecule has 1 saturated carbocycles. The minimum Gasteiger partial charge on any atom is -0.0651 e. The van der Waals surface area contributed by atoms with Crippen molar-refractivity contribution in [3.63, 3.8) is 0 Å². The van der Waals surface area contributed by atoms with Gasteiger partial charge in [0.05, 0.1) is 0 Å². The fourth-order valence-corrected chi connectivity index (χ4v) is 2.76. The summed E-state index contributed by atoms with van der Waals surface area (Å²) in [5.41, 5.74) is 0. The van der Waals surface area contributed by atoms with Gasteiger partial charge in [-0.2, -0.15) is 0 Å². The molecule has 15 heavy (non-hydrogen) atoms. The van der Waals surface area contributed by atoms with Crippen LogP contribution in [0.3, 0.4) is 0 Å². The van der Waals surface area contributed by atoms with Crippen molar-refractivity contribution in [1.29, 1.82) is 0 Å². The zero-order valence-corrected chi connectivity index (χ0v) is 10.6. The van der Waals surface area contributed by atoms with E-state index in [0.29, 0.717) is 0 Å². The highest BCUT2D eigenvalue weighted by molar-refractivity contribution is 4.75. The Morgan fingerprint density at radius 2 is 1.13 bits per heavy atom. The summed E-state index contributed by atoms with van der Waals surface area (Å²) >= 11 is 0. The van der Waals surface area contributed by atoms with E-state index in [1.165, 1.54) is 77.0 Å². The summed E-state index contributed by atoms with van der Waals surface area (Å²) < 4.78 is 0. The van der Waals surface area contributed by atoms with Crippen LogP contribution < -0.4 is 0 Å². The maximum Gasteiger partial charge on any atom is -0.0357 e. The molecule has 0 aromatic rings. The monoisotopic (exact) mass is 209 g/mol. The van der Waals surface area contributed by atoms with Gasteiger partial charge in [-0.3, -0.25) is 0 Å². The Bertz CT molecular complexity index is 116. The molecule has 0 atom stereocenters. The van der Waals surface area contributed by atoms with Gasteiger partial charge in [0.2, 0.25) is 0 Å². The Balaban J connectivity index is 2.19. The minimum atomic E-state index is 0.939. The van der Waals surface area contributed by atoms with Gasteiger partial charge in [0.1, 0.15) is 0 Å². The number of hydrogen-bond donors (Lipinski definition) is 0. The van der Waals surface area contributed by atoms with E-state index in [4.69, 9.17) is 0 Å². The molecule has 0 bridgehead atoms. The first kappa shape index (κ1) is 13.1. The van der Waals surface area contributed by atoms with Crippen molar-refractivity contribution in [2.75, 3.05) is 0 Å². The lowest BCUT2D eigenvalue weighted by molar-refractivity contribution is 0.426. The molecule has 0 heteroatoms. The van der Waals surface area contributed by atoms with Crippen LogP contribution in [0.2, 0.25) is 0 Å². The van der Waals surface area contributed by atoms with Crippen molar-refractivity contribution in [2.45, 2.75) is 84.0 Å². The first-order valence-electron chi connectivity index (χ1n) is 7.27. The molecule has 0 unspecified atom stereocenters. The van der Waals surface area contributed by atoms with Crippen LogP contribution in [0.4, 0.5) is 0 Å². The lowest BCUT2D eigenvalue weighted by atomic mass is 9.90. The third kappa shape index (κ3) is 6.98. The Kier molecular flexibility index (Phi) is 8.05. The molecule has 0 nitrogen and oxygen atoms in total. The van der Waals surface area contributed by atoms with Crippen molar-refractivity contribution in [1.82, 2.24) is 0 Å². The van der Waals surface area contributed by atoms with Crippen LogP contribution in [0, 0.1) is 12.3 Å². The van der Waals surface area contributed by atoms with Gasteiger partial charge in [-0.1, -0.05) is 84.0 Å². The van der Waals surface area contributed by atoms with E-state index in [2.05, 4.69) is 13.3 Å². The Morgan fingerprint density at radius 1 is 0.733 bits per heavy atom. The number of hydrogen-bond acceptors (Lipinski definition) is 0. The second kappa shape index (κ2) is 9.24. The van der Waals surface area contributed by atoms with Crippen molar-refractivity contribution in [2.24, 2.45) is 5.92 Å². The van der Waals surface area contributed by atoms with E-state index in [9.17, 15) is 0 Å². The van der Waals surface area contributed by atoms with Gasteiger partial charge in [0.25, 0.3) is 0 Å². The van der Waals surface area contributed by atoms with E-state index in [-0.39, 0.29) is 0 Å². The Morgan fingerprint density at radius 3 is 1.53 bits per heavy atom. The summed E-state index contributed by atoms with van der Waals surface area (Å²) in [4.78, 5) is 0. The molecule has 1 aliphatic carbocycles. The molecular formula is C15H29. The normalized spacial score (nSPS) is 23.0. The quantitative estimate of drug-likeness (QED) is 0.561. The summed E-state index contributed by atoms with van der Waals surface area (Å²) in [7, 11) is 0. The van der Waals surface area contributed by atoms with Gasteiger partial charge >= 0.3 is 0 Å². The molecule has 89 valence electrons. The van der Waals surface area contributed by atoms with E-state index < -0.39 is 0 Å². The van der Waals surface area contributed by atoms with Crippen LogP contribution in [0.15, 0.2) is 0 Å². The lowest BCUT2D eigenvalue weighted by Crippen LogP contribution is -2.02. The van der Waals surface area contributed by atoms with E-state index >= 15 is 0 Å². The van der Waals surface area contributed by atoms with E-state index in [1.54, 1.807) is 0 Å². The maximum absolute atomic E-state index is 2.56. The molecule has 1 rings (SSSR count). The van der Waals surface area contributed by atoms with Crippen LogP contribution in [0.25, 0.3) is 0 Å². The zero-order valence-electron chi connectivity index (χ0n) is 10.6. The third-order valence-corrected chi connectivity index (χ3v) is 3.72. The van der Waals surface area contributed by atoms with Gasteiger partial charge in [-0.25, -0.2) is 0 Å². The standard InChI is InChI=1S/C15H29/c1-2-12-15-13-10-8-6-4-3-5-7-9-11-14-15/h12,15H,2-11,13-14H2,1H3. The summed E-state index contributed by atoms with van der Waals surface area (Å²) in [6, 6.07) is 0. The van der Waals surface area contributed by atoms with Crippen LogP contribution in [-0.2, 0) is 0 Å².